The van der Waals surface area contributed by atoms with Gasteiger partial charge in [-0.1, -0.05) is 62.7 Å². The van der Waals surface area contributed by atoms with Gasteiger partial charge in [0.1, 0.15) is 23.7 Å². The quantitative estimate of drug-likeness (QED) is 0.0947. The first-order valence-electron chi connectivity index (χ1n) is 23.9. The van der Waals surface area contributed by atoms with Crippen molar-refractivity contribution in [2.75, 3.05) is 32.8 Å². The molecule has 3 aromatic carbocycles. The Balaban J connectivity index is 0.808. The number of hydrogen-bond acceptors (Lipinski definition) is 10. The average molecular weight is 967 g/mol. The number of halogens is 2. The van der Waals surface area contributed by atoms with Crippen LogP contribution in [-0.4, -0.2) is 104 Å². The second kappa shape index (κ2) is 18.6. The van der Waals surface area contributed by atoms with E-state index in [1.807, 2.05) is 42.8 Å². The van der Waals surface area contributed by atoms with E-state index in [1.165, 1.54) is 10.5 Å². The fraction of sp³-hybridized carbons (Fsp3) is 0.500. The number of thiazole rings is 1. The first-order chi connectivity index (χ1) is 32.3. The van der Waals surface area contributed by atoms with Crippen LogP contribution < -0.4 is 20.9 Å². The van der Waals surface area contributed by atoms with E-state index < -0.39 is 52.4 Å². The Hall–Kier alpha value is -5.22. The highest BCUT2D eigenvalue weighted by Gasteiger charge is 2.53. The fourth-order valence-electron chi connectivity index (χ4n) is 10.2. The van der Waals surface area contributed by atoms with Gasteiger partial charge in [-0.3, -0.25) is 23.7 Å². The van der Waals surface area contributed by atoms with Gasteiger partial charge in [-0.25, -0.2) is 9.37 Å². The highest BCUT2D eigenvalue weighted by Crippen LogP contribution is 2.45. The number of amides is 3. The van der Waals surface area contributed by atoms with Crippen LogP contribution in [0.25, 0.3) is 27.0 Å². The summed E-state index contributed by atoms with van der Waals surface area (Å²) in [6.45, 7) is 15.0. The predicted octanol–water partition coefficient (Wildman–Crippen LogP) is 7.76. The van der Waals surface area contributed by atoms with Crippen LogP contribution in [-0.2, 0) is 26.3 Å². The number of alkyl halides is 1. The molecule has 68 heavy (non-hydrogen) atoms. The van der Waals surface area contributed by atoms with Crippen LogP contribution in [0, 0.1) is 12.3 Å². The normalized spacial score (nSPS) is 20.2. The molecule has 3 aliphatic heterocycles. The minimum absolute atomic E-state index is 0.0391. The molecule has 9 rings (SSSR count). The van der Waals surface area contributed by atoms with Crippen molar-refractivity contribution < 1.29 is 28.6 Å². The molecule has 3 fully saturated rings. The molecule has 0 bridgehead atoms. The van der Waals surface area contributed by atoms with Gasteiger partial charge in [-0.15, -0.1) is 11.3 Å². The summed E-state index contributed by atoms with van der Waals surface area (Å²) in [4.78, 5) is 67.5. The van der Waals surface area contributed by atoms with Crippen molar-refractivity contribution in [2.45, 2.75) is 128 Å². The number of aliphatic hydroxyl groups excluding tert-OH is 1. The zero-order valence-electron chi connectivity index (χ0n) is 39.7. The molecule has 1 saturated carbocycles. The second-order valence-corrected chi connectivity index (χ2v) is 22.0. The van der Waals surface area contributed by atoms with E-state index in [0.717, 1.165) is 89.6 Å². The third-order valence-electron chi connectivity index (χ3n) is 14.4. The number of hydrogen-bond donors (Lipinski definition) is 3. The van der Waals surface area contributed by atoms with Crippen LogP contribution in [0.4, 0.5) is 4.39 Å². The van der Waals surface area contributed by atoms with Gasteiger partial charge in [0.2, 0.25) is 11.8 Å². The lowest BCUT2D eigenvalue weighted by Gasteiger charge is -2.35. The molecule has 360 valence electrons. The second-order valence-electron chi connectivity index (χ2n) is 20.7. The van der Waals surface area contributed by atoms with E-state index in [9.17, 15) is 28.7 Å². The van der Waals surface area contributed by atoms with Gasteiger partial charge in [-0.05, 0) is 131 Å². The van der Waals surface area contributed by atoms with Gasteiger partial charge in [0.25, 0.3) is 11.5 Å². The topological polar surface area (TPSA) is 159 Å². The van der Waals surface area contributed by atoms with Crippen molar-refractivity contribution in [3.8, 4) is 21.9 Å². The highest BCUT2D eigenvalue weighted by molar-refractivity contribution is 7.13. The Morgan fingerprint density at radius 2 is 1.82 bits per heavy atom. The highest BCUT2D eigenvalue weighted by atomic mass is 35.5. The molecular weight excluding hydrogens is 905 g/mol. The lowest BCUT2D eigenvalue weighted by molar-refractivity contribution is -0.145. The number of unbranched alkanes of at least 4 members (excludes halogenated alkanes) is 1. The number of fused-ring (bicyclic) bond motifs is 5. The molecule has 13 nitrogen and oxygen atoms in total. The number of carbonyl (C=O) groups is 3. The Morgan fingerprint density at radius 1 is 1.06 bits per heavy atom. The number of aromatic nitrogens is 3. The lowest BCUT2D eigenvalue weighted by atomic mass is 9.83. The molecule has 0 unspecified atom stereocenters. The van der Waals surface area contributed by atoms with Crippen molar-refractivity contribution >= 4 is 51.6 Å². The maximum absolute atomic E-state index is 14.7. The number of ether oxygens (including phenoxy) is 1. The smallest absolute Gasteiger partial charge is 0.282 e. The molecule has 4 aliphatic rings. The minimum Gasteiger partial charge on any atom is -0.493 e. The Bertz CT molecular complexity index is 2830. The third-order valence-corrected chi connectivity index (χ3v) is 15.7. The van der Waals surface area contributed by atoms with Crippen molar-refractivity contribution in [2.24, 2.45) is 5.41 Å². The Morgan fingerprint density at radius 3 is 2.53 bits per heavy atom. The lowest BCUT2D eigenvalue weighted by Crippen LogP contribution is -2.59. The number of β-amino-alcohol motifs (C(OH)–C–C–N with tert-alkyl or cyclic N) is 1. The maximum atomic E-state index is 14.7. The van der Waals surface area contributed by atoms with Crippen LogP contribution in [0.3, 0.4) is 0 Å². The standard InChI is InChI=1S/C52H61ClFN7O6S/c1-30-43(68-29-56-30)33-12-13-34(27-55-45(63)40-26-35(62)28-60(40)47(65)44(50(2,3)4)57-49(66)52(54)18-19-52)41(25-33)67-23-8-7-20-59-21-16-31(17-22-59)32-14-15-36-39(24-32)61-38-11-9-10-37(53)42(38)46(64)58-48(61)51(36,5)6/h9-15,24-25,29,31,35,40,44,62H,7-8,16-23,26-28H2,1-6H3,(H,55,63)(H,57,66)/t35-,40+,44-/m1/s1. The summed E-state index contributed by atoms with van der Waals surface area (Å²) in [5.41, 5.74) is 5.28. The summed E-state index contributed by atoms with van der Waals surface area (Å²) < 4.78 is 23.3. The fourth-order valence-corrected chi connectivity index (χ4v) is 11.3. The van der Waals surface area contributed by atoms with E-state index >= 15 is 0 Å². The molecule has 2 aromatic heterocycles. The third kappa shape index (κ3) is 9.31. The number of nitrogens with zero attached hydrogens (tertiary/aromatic N) is 5. The summed E-state index contributed by atoms with van der Waals surface area (Å²) in [7, 11) is 0. The van der Waals surface area contributed by atoms with Crippen LogP contribution in [0.1, 0.15) is 114 Å². The maximum Gasteiger partial charge on any atom is 0.282 e. The zero-order valence-corrected chi connectivity index (χ0v) is 41.2. The summed E-state index contributed by atoms with van der Waals surface area (Å²) in [5.74, 6) is 0.00733. The van der Waals surface area contributed by atoms with Gasteiger partial charge in [0.05, 0.1) is 55.8 Å². The minimum atomic E-state index is -1.97. The summed E-state index contributed by atoms with van der Waals surface area (Å²) in [6.07, 6.45) is 3.20. The van der Waals surface area contributed by atoms with Crippen molar-refractivity contribution in [1.29, 1.82) is 0 Å². The number of benzene rings is 3. The number of likely N-dealkylation sites (tertiary alicyclic amines) is 2. The molecule has 3 amide bonds. The molecule has 0 spiro atoms. The predicted molar refractivity (Wildman–Crippen MR) is 262 cm³/mol. The largest absolute Gasteiger partial charge is 0.493 e. The van der Waals surface area contributed by atoms with E-state index in [1.54, 1.807) is 38.2 Å². The number of piperidine rings is 1. The molecule has 5 aromatic rings. The molecule has 0 radical (unpaired) electrons. The summed E-state index contributed by atoms with van der Waals surface area (Å²) in [6, 6.07) is 16.2. The van der Waals surface area contributed by atoms with Gasteiger partial charge >= 0.3 is 0 Å². The first-order valence-corrected chi connectivity index (χ1v) is 25.1. The molecule has 16 heteroatoms. The van der Waals surface area contributed by atoms with Crippen LogP contribution in [0.15, 0.2) is 64.9 Å². The molecular formula is C52H61ClFN7O6S. The van der Waals surface area contributed by atoms with Crippen molar-refractivity contribution in [3.05, 3.63) is 104 Å². The number of aryl methyl sites for hydroxylation is 1. The average Bonchev–Trinajstić information content (AvgIpc) is 3.60. The molecule has 1 aliphatic carbocycles. The Labute approximate surface area is 405 Å². The zero-order chi connectivity index (χ0) is 48.3. The first kappa shape index (κ1) is 47.8. The van der Waals surface area contributed by atoms with E-state index in [-0.39, 0.29) is 37.9 Å². The van der Waals surface area contributed by atoms with E-state index in [0.29, 0.717) is 28.7 Å². The van der Waals surface area contributed by atoms with Gasteiger partial charge in [-0.2, -0.15) is 4.98 Å². The molecule has 5 heterocycles. The van der Waals surface area contributed by atoms with Crippen LogP contribution >= 0.6 is 22.9 Å². The van der Waals surface area contributed by atoms with Crippen LogP contribution in [0.5, 0.6) is 5.75 Å². The number of carbonyl (C=O) groups excluding carboxylic acids is 3. The van der Waals surface area contributed by atoms with E-state index in [2.05, 4.69) is 62.1 Å². The van der Waals surface area contributed by atoms with Gasteiger partial charge in [0.15, 0.2) is 5.67 Å². The van der Waals surface area contributed by atoms with Gasteiger partial charge in [0, 0.05) is 25.1 Å². The van der Waals surface area contributed by atoms with Crippen molar-refractivity contribution in [1.82, 2.24) is 35.0 Å². The number of nitrogens with one attached hydrogen (secondary N) is 2. The number of aliphatic hydroxyl groups is 1. The molecule has 3 atom stereocenters. The monoisotopic (exact) mass is 965 g/mol. The van der Waals surface area contributed by atoms with Crippen molar-refractivity contribution in [3.63, 3.8) is 0 Å². The molecule has 2 saturated heterocycles. The SMILES string of the molecule is Cc1ncsc1-c1ccc(CNC(=O)[C@@H]2C[C@@H](O)CN2C(=O)[C@@H](NC(=O)C2(F)CC2)C(C)(C)C)c(OCCCCN2CCC(c3ccc4c(c3)-n3c(nc(=O)c5c(Cl)cccc53)C4(C)C)CC2)c1. The van der Waals surface area contributed by atoms with E-state index in [4.69, 9.17) is 16.3 Å². The number of rotatable bonds is 14. The molecule has 3 N–H and O–H groups in total. The summed E-state index contributed by atoms with van der Waals surface area (Å²) >= 11 is 8.07. The van der Waals surface area contributed by atoms with Gasteiger partial charge < -0.3 is 30.3 Å². The Kier molecular flexibility index (Phi) is 13.1. The summed E-state index contributed by atoms with van der Waals surface area (Å²) in [5, 5.41) is 17.1. The van der Waals surface area contributed by atoms with Crippen LogP contribution in [0.2, 0.25) is 5.02 Å².